The molecule has 1 aliphatic heterocycles. The number of aldehydes is 1. The Bertz CT molecular complexity index is 826. The van der Waals surface area contributed by atoms with Crippen LogP contribution in [-0.2, 0) is 15.1 Å². The first kappa shape index (κ1) is 19.0. The number of hydrogen-bond donors (Lipinski definition) is 0. The zero-order chi connectivity index (χ0) is 18.9. The van der Waals surface area contributed by atoms with Crippen LogP contribution in [0.2, 0.25) is 10.0 Å². The van der Waals surface area contributed by atoms with E-state index in [1.54, 1.807) is 6.07 Å². The molecule has 3 nitrogen and oxygen atoms in total. The standard InChI is InChI=1S/C21H21Cl2NO2/c1-14-20(15-7-5-4-6-8-15)19(12-25)24(13-26-14)21(2,3)16-9-17(22)11-18(23)10-16/h4-12,19H,13H2,1-3H3. The summed E-state index contributed by atoms with van der Waals surface area (Å²) in [6.07, 6.45) is 0.974. The van der Waals surface area contributed by atoms with Gasteiger partial charge in [-0.25, -0.2) is 4.90 Å². The molecule has 2 aromatic rings. The second kappa shape index (κ2) is 7.43. The first-order chi connectivity index (χ1) is 12.3. The number of carbonyl (C=O) groups excluding carboxylic acids is 1. The summed E-state index contributed by atoms with van der Waals surface area (Å²) >= 11 is 12.4. The lowest BCUT2D eigenvalue weighted by Crippen LogP contribution is -2.52. The summed E-state index contributed by atoms with van der Waals surface area (Å²) in [4.78, 5) is 14.2. The summed E-state index contributed by atoms with van der Waals surface area (Å²) in [5.74, 6) is 0.768. The number of halogens is 2. The highest BCUT2D eigenvalue weighted by molar-refractivity contribution is 6.34. The van der Waals surface area contributed by atoms with Crippen molar-refractivity contribution in [3.05, 3.63) is 75.5 Å². The van der Waals surface area contributed by atoms with E-state index in [1.807, 2.05) is 68.1 Å². The fourth-order valence-corrected chi connectivity index (χ4v) is 3.93. The fourth-order valence-electron chi connectivity index (χ4n) is 3.40. The fraction of sp³-hybridized carbons (Fsp3) is 0.286. The minimum absolute atomic E-state index is 0.308. The number of carbonyl (C=O) groups is 1. The molecule has 2 aromatic carbocycles. The summed E-state index contributed by atoms with van der Waals surface area (Å²) in [5, 5.41) is 1.13. The average molecular weight is 390 g/mol. The van der Waals surface area contributed by atoms with Crippen molar-refractivity contribution in [1.29, 1.82) is 0 Å². The van der Waals surface area contributed by atoms with Gasteiger partial charge in [0.25, 0.3) is 0 Å². The van der Waals surface area contributed by atoms with E-state index in [-0.39, 0.29) is 0 Å². The van der Waals surface area contributed by atoms with Gasteiger partial charge < -0.3 is 9.53 Å². The maximum absolute atomic E-state index is 12.1. The maximum atomic E-state index is 12.1. The van der Waals surface area contributed by atoms with Gasteiger partial charge in [-0.15, -0.1) is 0 Å². The molecule has 5 heteroatoms. The van der Waals surface area contributed by atoms with E-state index >= 15 is 0 Å². The zero-order valence-electron chi connectivity index (χ0n) is 15.0. The molecule has 0 spiro atoms. The van der Waals surface area contributed by atoms with Crippen molar-refractivity contribution in [3.63, 3.8) is 0 Å². The van der Waals surface area contributed by atoms with Gasteiger partial charge in [-0.1, -0.05) is 53.5 Å². The van der Waals surface area contributed by atoms with Gasteiger partial charge in [-0.05, 0) is 50.1 Å². The summed E-state index contributed by atoms with van der Waals surface area (Å²) in [6, 6.07) is 14.9. The van der Waals surface area contributed by atoms with Gasteiger partial charge in [0.05, 0.1) is 6.04 Å². The van der Waals surface area contributed by atoms with Crippen LogP contribution in [0.3, 0.4) is 0 Å². The average Bonchev–Trinajstić information content (AvgIpc) is 2.61. The van der Waals surface area contributed by atoms with Gasteiger partial charge in [-0.2, -0.15) is 0 Å². The van der Waals surface area contributed by atoms with Crippen molar-refractivity contribution in [2.45, 2.75) is 32.4 Å². The third kappa shape index (κ3) is 3.52. The molecule has 0 saturated carbocycles. The van der Waals surface area contributed by atoms with Crippen molar-refractivity contribution < 1.29 is 9.53 Å². The lowest BCUT2D eigenvalue weighted by molar-refractivity contribution is -0.117. The molecule has 0 aliphatic carbocycles. The third-order valence-electron chi connectivity index (χ3n) is 4.93. The number of allylic oxidation sites excluding steroid dienone is 1. The number of benzene rings is 2. The summed E-state index contributed by atoms with van der Waals surface area (Å²) < 4.78 is 5.94. The predicted octanol–water partition coefficient (Wildman–Crippen LogP) is 5.52. The first-order valence-corrected chi connectivity index (χ1v) is 9.18. The molecule has 0 N–H and O–H groups in total. The number of hydrogen-bond acceptors (Lipinski definition) is 3. The molecular formula is C21H21Cl2NO2. The highest BCUT2D eigenvalue weighted by Gasteiger charge is 2.40. The van der Waals surface area contributed by atoms with Gasteiger partial charge in [0, 0.05) is 21.2 Å². The normalized spacial score (nSPS) is 18.6. The number of nitrogens with zero attached hydrogens (tertiary/aromatic N) is 1. The molecule has 0 amide bonds. The lowest BCUT2D eigenvalue weighted by Gasteiger charge is -2.45. The Morgan fingerprint density at radius 1 is 1.12 bits per heavy atom. The highest BCUT2D eigenvalue weighted by Crippen LogP contribution is 2.39. The summed E-state index contributed by atoms with van der Waals surface area (Å²) in [7, 11) is 0. The Morgan fingerprint density at radius 2 is 1.73 bits per heavy atom. The smallest absolute Gasteiger partial charge is 0.143 e. The van der Waals surface area contributed by atoms with E-state index in [2.05, 4.69) is 0 Å². The second-order valence-electron chi connectivity index (χ2n) is 6.88. The maximum Gasteiger partial charge on any atom is 0.143 e. The second-order valence-corrected chi connectivity index (χ2v) is 7.75. The highest BCUT2D eigenvalue weighted by atomic mass is 35.5. The number of rotatable bonds is 4. The number of ether oxygens (including phenoxy) is 1. The van der Waals surface area contributed by atoms with E-state index in [9.17, 15) is 4.79 Å². The van der Waals surface area contributed by atoms with Crippen LogP contribution in [0.25, 0.3) is 5.57 Å². The molecule has 1 atom stereocenters. The molecule has 1 heterocycles. The van der Waals surface area contributed by atoms with E-state index in [4.69, 9.17) is 27.9 Å². The van der Waals surface area contributed by atoms with Crippen LogP contribution < -0.4 is 0 Å². The van der Waals surface area contributed by atoms with Crippen molar-refractivity contribution in [1.82, 2.24) is 4.90 Å². The molecule has 26 heavy (non-hydrogen) atoms. The zero-order valence-corrected chi connectivity index (χ0v) is 16.5. The van der Waals surface area contributed by atoms with Crippen LogP contribution in [0.5, 0.6) is 0 Å². The molecule has 0 radical (unpaired) electrons. The molecule has 0 aromatic heterocycles. The minimum atomic E-state index is -0.513. The van der Waals surface area contributed by atoms with Crippen molar-refractivity contribution in [2.24, 2.45) is 0 Å². The Hall–Kier alpha value is -1.81. The Morgan fingerprint density at radius 3 is 2.31 bits per heavy atom. The van der Waals surface area contributed by atoms with Gasteiger partial charge in [-0.3, -0.25) is 0 Å². The molecule has 0 bridgehead atoms. The molecule has 1 unspecified atom stereocenters. The molecule has 1 aliphatic rings. The van der Waals surface area contributed by atoms with Crippen molar-refractivity contribution in [3.8, 4) is 0 Å². The van der Waals surface area contributed by atoms with Crippen LogP contribution >= 0.6 is 23.2 Å². The predicted molar refractivity (Wildman–Crippen MR) is 106 cm³/mol. The third-order valence-corrected chi connectivity index (χ3v) is 5.37. The van der Waals surface area contributed by atoms with Gasteiger partial charge in [0.1, 0.15) is 18.8 Å². The minimum Gasteiger partial charge on any atom is -0.482 e. The summed E-state index contributed by atoms with van der Waals surface area (Å²) in [5.41, 5.74) is 2.28. The van der Waals surface area contributed by atoms with E-state index in [1.165, 1.54) is 0 Å². The van der Waals surface area contributed by atoms with Crippen LogP contribution in [0.4, 0.5) is 0 Å². The van der Waals surface area contributed by atoms with Crippen molar-refractivity contribution in [2.75, 3.05) is 6.73 Å². The molecule has 3 rings (SSSR count). The lowest BCUT2D eigenvalue weighted by atomic mass is 9.87. The largest absolute Gasteiger partial charge is 0.482 e. The quantitative estimate of drug-likeness (QED) is 0.644. The van der Waals surface area contributed by atoms with Gasteiger partial charge in [0.15, 0.2) is 0 Å². The topological polar surface area (TPSA) is 29.5 Å². The van der Waals surface area contributed by atoms with Crippen molar-refractivity contribution >= 4 is 35.1 Å². The van der Waals surface area contributed by atoms with Gasteiger partial charge in [0.2, 0.25) is 0 Å². The Balaban J connectivity index is 2.06. The van der Waals surface area contributed by atoms with E-state index in [0.717, 1.165) is 28.7 Å². The van der Waals surface area contributed by atoms with Gasteiger partial charge >= 0.3 is 0 Å². The molecule has 136 valence electrons. The molecular weight excluding hydrogens is 369 g/mol. The summed E-state index contributed by atoms with van der Waals surface area (Å²) in [6.45, 7) is 6.29. The van der Waals surface area contributed by atoms with Crippen LogP contribution in [0, 0.1) is 0 Å². The molecule has 0 fully saturated rings. The SMILES string of the molecule is CC1=C(c2ccccc2)C(C=O)N(C(C)(C)c2cc(Cl)cc(Cl)c2)CO1. The van der Waals surface area contributed by atoms with Crippen LogP contribution in [0.15, 0.2) is 54.3 Å². The van der Waals surface area contributed by atoms with E-state index < -0.39 is 11.6 Å². The molecule has 0 saturated heterocycles. The van der Waals surface area contributed by atoms with Crippen LogP contribution in [0.1, 0.15) is 31.9 Å². The van der Waals surface area contributed by atoms with Crippen LogP contribution in [-0.4, -0.2) is 24.0 Å². The monoisotopic (exact) mass is 389 g/mol. The first-order valence-electron chi connectivity index (χ1n) is 8.42. The van der Waals surface area contributed by atoms with E-state index in [0.29, 0.717) is 16.8 Å². The Labute approximate surface area is 164 Å². The Kier molecular flexibility index (Phi) is 5.42.